The molecule has 1 rings (SSSR count). The smallest absolute Gasteiger partial charge is 0.129 e. The van der Waals surface area contributed by atoms with Gasteiger partial charge in [-0.3, -0.25) is 0 Å². The van der Waals surface area contributed by atoms with Gasteiger partial charge in [-0.15, -0.1) is 0 Å². The normalized spacial score (nSPS) is 11.5. The predicted molar refractivity (Wildman–Crippen MR) is 61.5 cm³/mol. The summed E-state index contributed by atoms with van der Waals surface area (Å²) in [6.45, 7) is 8.46. The molecule has 0 aromatic carbocycles. The quantitative estimate of drug-likeness (QED) is 0.743. The number of rotatable bonds is 1. The van der Waals surface area contributed by atoms with Gasteiger partial charge < -0.3 is 10.6 Å². The molecule has 0 bridgehead atoms. The third-order valence-corrected chi connectivity index (χ3v) is 2.49. The lowest BCUT2D eigenvalue weighted by atomic mass is 10.1. The van der Waals surface area contributed by atoms with E-state index >= 15 is 0 Å². The van der Waals surface area contributed by atoms with Crippen molar-refractivity contribution < 1.29 is 0 Å². The Morgan fingerprint density at radius 2 is 1.93 bits per heavy atom. The molecule has 0 atom stereocenters. The average molecular weight is 193 g/mol. The van der Waals surface area contributed by atoms with Gasteiger partial charge in [0, 0.05) is 12.6 Å². The molecule has 0 aliphatic rings. The summed E-state index contributed by atoms with van der Waals surface area (Å²) in [7, 11) is 2.04. The number of nitrogen functional groups attached to an aromatic ring is 1. The largest absolute Gasteiger partial charge is 0.397 e. The van der Waals surface area contributed by atoms with Crippen molar-refractivity contribution in [2.75, 3.05) is 17.7 Å². The van der Waals surface area contributed by atoms with E-state index in [1.807, 2.05) is 20.0 Å². The van der Waals surface area contributed by atoms with Crippen molar-refractivity contribution in [3.05, 3.63) is 17.8 Å². The summed E-state index contributed by atoms with van der Waals surface area (Å²) in [4.78, 5) is 6.44. The van der Waals surface area contributed by atoms with Crippen LogP contribution in [0.2, 0.25) is 0 Å². The molecule has 2 N–H and O–H groups in total. The van der Waals surface area contributed by atoms with E-state index in [0.717, 1.165) is 17.1 Å². The van der Waals surface area contributed by atoms with Crippen molar-refractivity contribution in [3.63, 3.8) is 0 Å². The maximum Gasteiger partial charge on any atom is 0.129 e. The molecule has 3 nitrogen and oxygen atoms in total. The molecule has 0 aliphatic heterocycles. The summed E-state index contributed by atoms with van der Waals surface area (Å²) in [5.41, 5.74) is 7.62. The molecular weight excluding hydrogens is 174 g/mol. The molecule has 0 unspecified atom stereocenters. The van der Waals surface area contributed by atoms with Crippen molar-refractivity contribution in [2.24, 2.45) is 0 Å². The summed E-state index contributed by atoms with van der Waals surface area (Å²) >= 11 is 0. The SMILES string of the molecule is Cc1cc(N(C)C(C)(C)C)ncc1N. The van der Waals surface area contributed by atoms with Crippen LogP contribution in [0, 0.1) is 6.92 Å². The molecule has 1 aromatic heterocycles. The Kier molecular flexibility index (Phi) is 2.69. The number of nitrogens with zero attached hydrogens (tertiary/aromatic N) is 2. The highest BCUT2D eigenvalue weighted by Gasteiger charge is 2.18. The van der Waals surface area contributed by atoms with Crippen LogP contribution in [0.5, 0.6) is 0 Å². The number of hydrogen-bond acceptors (Lipinski definition) is 3. The van der Waals surface area contributed by atoms with Crippen LogP contribution in [0.3, 0.4) is 0 Å². The van der Waals surface area contributed by atoms with E-state index in [-0.39, 0.29) is 5.54 Å². The van der Waals surface area contributed by atoms with E-state index in [0.29, 0.717) is 0 Å². The third-order valence-electron chi connectivity index (χ3n) is 2.49. The molecular formula is C11H19N3. The fraction of sp³-hybridized carbons (Fsp3) is 0.545. The van der Waals surface area contributed by atoms with E-state index in [4.69, 9.17) is 5.73 Å². The third kappa shape index (κ3) is 2.16. The number of aryl methyl sites for hydroxylation is 1. The van der Waals surface area contributed by atoms with Gasteiger partial charge >= 0.3 is 0 Å². The molecule has 0 saturated heterocycles. The fourth-order valence-corrected chi connectivity index (χ4v) is 1.08. The zero-order chi connectivity index (χ0) is 10.9. The van der Waals surface area contributed by atoms with Crippen molar-refractivity contribution in [1.82, 2.24) is 4.98 Å². The first-order valence-corrected chi connectivity index (χ1v) is 4.78. The van der Waals surface area contributed by atoms with Gasteiger partial charge in [-0.05, 0) is 39.3 Å². The summed E-state index contributed by atoms with van der Waals surface area (Å²) in [5.74, 6) is 0.962. The van der Waals surface area contributed by atoms with Crippen molar-refractivity contribution in [1.29, 1.82) is 0 Å². The number of hydrogen-bond donors (Lipinski definition) is 1. The minimum atomic E-state index is 0.0789. The Balaban J connectivity index is 3.03. The molecule has 3 heteroatoms. The van der Waals surface area contributed by atoms with Gasteiger partial charge in [-0.1, -0.05) is 0 Å². The molecule has 0 amide bonds. The molecule has 0 spiro atoms. The van der Waals surface area contributed by atoms with Gasteiger partial charge in [0.15, 0.2) is 0 Å². The molecule has 0 saturated carbocycles. The van der Waals surface area contributed by atoms with Crippen LogP contribution in [-0.4, -0.2) is 17.6 Å². The second-order valence-electron chi connectivity index (χ2n) is 4.63. The first-order valence-electron chi connectivity index (χ1n) is 4.78. The van der Waals surface area contributed by atoms with E-state index in [9.17, 15) is 0 Å². The van der Waals surface area contributed by atoms with Crippen LogP contribution < -0.4 is 10.6 Å². The lowest BCUT2D eigenvalue weighted by Crippen LogP contribution is -2.38. The number of aromatic nitrogens is 1. The monoisotopic (exact) mass is 193 g/mol. The lowest BCUT2D eigenvalue weighted by molar-refractivity contribution is 0.534. The van der Waals surface area contributed by atoms with E-state index in [1.165, 1.54) is 0 Å². The summed E-state index contributed by atoms with van der Waals surface area (Å²) < 4.78 is 0. The lowest BCUT2D eigenvalue weighted by Gasteiger charge is -2.33. The number of nitrogens with two attached hydrogens (primary N) is 1. The minimum absolute atomic E-state index is 0.0789. The van der Waals surface area contributed by atoms with Crippen molar-refractivity contribution in [3.8, 4) is 0 Å². The Hall–Kier alpha value is -1.25. The second-order valence-corrected chi connectivity index (χ2v) is 4.63. The first-order chi connectivity index (χ1) is 6.32. The average Bonchev–Trinajstić information content (AvgIpc) is 2.07. The maximum atomic E-state index is 5.72. The Morgan fingerprint density at radius 1 is 1.36 bits per heavy atom. The van der Waals surface area contributed by atoms with Crippen LogP contribution in [-0.2, 0) is 0 Å². The Morgan fingerprint density at radius 3 is 2.36 bits per heavy atom. The summed E-state index contributed by atoms with van der Waals surface area (Å²) in [6, 6.07) is 2.01. The zero-order valence-corrected chi connectivity index (χ0v) is 9.63. The minimum Gasteiger partial charge on any atom is -0.397 e. The van der Waals surface area contributed by atoms with Gasteiger partial charge in [0.2, 0.25) is 0 Å². The second kappa shape index (κ2) is 3.48. The molecule has 1 aromatic rings. The van der Waals surface area contributed by atoms with E-state index < -0.39 is 0 Å². The van der Waals surface area contributed by atoms with E-state index in [1.54, 1.807) is 6.20 Å². The van der Waals surface area contributed by atoms with Crippen LogP contribution in [0.25, 0.3) is 0 Å². The molecule has 78 valence electrons. The van der Waals surface area contributed by atoms with Gasteiger partial charge in [-0.2, -0.15) is 0 Å². The summed E-state index contributed by atoms with van der Waals surface area (Å²) in [5, 5.41) is 0. The molecule has 14 heavy (non-hydrogen) atoms. The van der Waals surface area contributed by atoms with Crippen LogP contribution in [0.1, 0.15) is 26.3 Å². The van der Waals surface area contributed by atoms with Crippen molar-refractivity contribution >= 4 is 11.5 Å². The topological polar surface area (TPSA) is 42.2 Å². The van der Waals surface area contributed by atoms with Gasteiger partial charge in [0.05, 0.1) is 11.9 Å². The predicted octanol–water partition coefficient (Wildman–Crippen LogP) is 2.21. The number of pyridine rings is 1. The summed E-state index contributed by atoms with van der Waals surface area (Å²) in [6.07, 6.45) is 1.72. The molecule has 0 aliphatic carbocycles. The van der Waals surface area contributed by atoms with Crippen LogP contribution in [0.4, 0.5) is 11.5 Å². The maximum absolute atomic E-state index is 5.72. The van der Waals surface area contributed by atoms with Crippen LogP contribution in [0.15, 0.2) is 12.3 Å². The highest BCUT2D eigenvalue weighted by atomic mass is 15.2. The Bertz CT molecular complexity index is 326. The standard InChI is InChI=1S/C11H19N3/c1-8-6-10(13-7-9(8)12)14(5)11(2,3)4/h6-7H,12H2,1-5H3. The zero-order valence-electron chi connectivity index (χ0n) is 9.63. The van der Waals surface area contributed by atoms with Gasteiger partial charge in [0.25, 0.3) is 0 Å². The van der Waals surface area contributed by atoms with Crippen LogP contribution >= 0.6 is 0 Å². The fourth-order valence-electron chi connectivity index (χ4n) is 1.08. The van der Waals surface area contributed by atoms with Gasteiger partial charge in [0.1, 0.15) is 5.82 Å². The Labute approximate surface area is 85.9 Å². The first kappa shape index (κ1) is 10.8. The highest BCUT2D eigenvalue weighted by molar-refractivity contribution is 5.52. The molecule has 1 heterocycles. The van der Waals surface area contributed by atoms with Gasteiger partial charge in [-0.25, -0.2) is 4.98 Å². The van der Waals surface area contributed by atoms with Crippen molar-refractivity contribution in [2.45, 2.75) is 33.2 Å². The molecule has 0 fully saturated rings. The highest BCUT2D eigenvalue weighted by Crippen LogP contribution is 2.22. The molecule has 0 radical (unpaired) electrons. The number of anilines is 2. The van der Waals surface area contributed by atoms with E-state index in [2.05, 4.69) is 30.7 Å².